The first-order chi connectivity index (χ1) is 10.2. The Balaban J connectivity index is 1.64. The van der Waals surface area contributed by atoms with Crippen LogP contribution in [0.1, 0.15) is 24.3 Å². The number of aromatic nitrogens is 1. The average molecular weight is 285 g/mol. The minimum atomic E-state index is -0.0952. The fourth-order valence-corrected chi connectivity index (χ4v) is 2.76. The lowest BCUT2D eigenvalue weighted by atomic mass is 10.2. The van der Waals surface area contributed by atoms with Gasteiger partial charge in [0.05, 0.1) is 11.7 Å². The van der Waals surface area contributed by atoms with Gasteiger partial charge in [-0.2, -0.15) is 0 Å². The van der Waals surface area contributed by atoms with Crippen molar-refractivity contribution in [1.29, 1.82) is 0 Å². The molecule has 1 aliphatic heterocycles. The van der Waals surface area contributed by atoms with Crippen molar-refractivity contribution in [2.24, 2.45) is 0 Å². The Morgan fingerprint density at radius 2 is 2.24 bits per heavy atom. The summed E-state index contributed by atoms with van der Waals surface area (Å²) in [6.07, 6.45) is 1.92. The number of hydrogen-bond acceptors (Lipinski definition) is 4. The van der Waals surface area contributed by atoms with Gasteiger partial charge in [0.15, 0.2) is 0 Å². The smallest absolute Gasteiger partial charge is 0.241 e. The van der Waals surface area contributed by atoms with Crippen LogP contribution in [-0.2, 0) is 11.3 Å². The van der Waals surface area contributed by atoms with Gasteiger partial charge >= 0.3 is 0 Å². The zero-order chi connectivity index (χ0) is 14.7. The first-order valence-corrected chi connectivity index (χ1v) is 7.24. The van der Waals surface area contributed by atoms with Crippen LogP contribution in [0.3, 0.4) is 0 Å². The predicted octanol–water partition coefficient (Wildman–Crippen LogP) is 2.59. The van der Waals surface area contributed by atoms with Crippen LogP contribution in [0.4, 0.5) is 5.69 Å². The van der Waals surface area contributed by atoms with Crippen molar-refractivity contribution in [3.63, 3.8) is 0 Å². The highest BCUT2D eigenvalue weighted by Gasteiger charge is 2.31. The van der Waals surface area contributed by atoms with Crippen molar-refractivity contribution in [3.8, 4) is 0 Å². The first-order valence-electron chi connectivity index (χ1n) is 7.24. The molecule has 2 aromatic rings. The zero-order valence-corrected chi connectivity index (χ0v) is 12.1. The van der Waals surface area contributed by atoms with E-state index in [-0.39, 0.29) is 11.9 Å². The number of carbonyl (C=O) groups is 1. The maximum atomic E-state index is 12.4. The van der Waals surface area contributed by atoms with Crippen LogP contribution < -0.4 is 5.32 Å². The highest BCUT2D eigenvalue weighted by molar-refractivity contribution is 5.94. The lowest BCUT2D eigenvalue weighted by Gasteiger charge is -2.22. The van der Waals surface area contributed by atoms with Gasteiger partial charge < -0.3 is 9.84 Å². The molecule has 0 aliphatic carbocycles. The van der Waals surface area contributed by atoms with E-state index >= 15 is 0 Å². The maximum absolute atomic E-state index is 12.4. The number of anilines is 1. The number of benzene rings is 1. The third kappa shape index (κ3) is 3.31. The third-order valence-corrected chi connectivity index (χ3v) is 3.75. The molecule has 5 heteroatoms. The summed E-state index contributed by atoms with van der Waals surface area (Å²) in [5.41, 5.74) is 1.72. The van der Waals surface area contributed by atoms with Gasteiger partial charge in [0, 0.05) is 18.3 Å². The molecule has 1 amide bonds. The molecule has 1 aromatic heterocycles. The van der Waals surface area contributed by atoms with Gasteiger partial charge in [-0.3, -0.25) is 9.69 Å². The molecule has 1 saturated heterocycles. The lowest BCUT2D eigenvalue weighted by Crippen LogP contribution is -2.39. The van der Waals surface area contributed by atoms with E-state index in [0.29, 0.717) is 6.54 Å². The summed E-state index contributed by atoms with van der Waals surface area (Å²) in [7, 11) is 0. The van der Waals surface area contributed by atoms with Gasteiger partial charge in [-0.15, -0.1) is 0 Å². The van der Waals surface area contributed by atoms with E-state index in [9.17, 15) is 4.79 Å². The molecule has 0 bridgehead atoms. The van der Waals surface area contributed by atoms with Crippen LogP contribution in [0.5, 0.6) is 0 Å². The largest absolute Gasteiger partial charge is 0.361 e. The lowest BCUT2D eigenvalue weighted by molar-refractivity contribution is -0.120. The summed E-state index contributed by atoms with van der Waals surface area (Å²) in [6.45, 7) is 3.45. The third-order valence-electron chi connectivity index (χ3n) is 3.75. The molecule has 0 spiro atoms. The predicted molar refractivity (Wildman–Crippen MR) is 79.7 cm³/mol. The molecule has 1 N–H and O–H groups in total. The number of carbonyl (C=O) groups excluding carboxylic acids is 1. The van der Waals surface area contributed by atoms with E-state index < -0.39 is 0 Å². The van der Waals surface area contributed by atoms with E-state index in [4.69, 9.17) is 4.52 Å². The zero-order valence-electron chi connectivity index (χ0n) is 12.1. The van der Waals surface area contributed by atoms with Crippen LogP contribution in [0.15, 0.2) is 40.9 Å². The fourth-order valence-electron chi connectivity index (χ4n) is 2.76. The second kappa shape index (κ2) is 6.10. The highest BCUT2D eigenvalue weighted by atomic mass is 16.5. The number of aryl methyl sites for hydroxylation is 1. The molecule has 110 valence electrons. The molecular weight excluding hydrogens is 266 g/mol. The molecule has 3 rings (SSSR count). The Bertz CT molecular complexity index is 609. The second-order valence-corrected chi connectivity index (χ2v) is 5.41. The van der Waals surface area contributed by atoms with Crippen LogP contribution in [0.25, 0.3) is 0 Å². The van der Waals surface area contributed by atoms with Crippen molar-refractivity contribution in [1.82, 2.24) is 10.1 Å². The molecule has 0 radical (unpaired) electrons. The molecule has 21 heavy (non-hydrogen) atoms. The molecule has 1 unspecified atom stereocenters. The van der Waals surface area contributed by atoms with Crippen molar-refractivity contribution in [2.45, 2.75) is 32.4 Å². The highest BCUT2D eigenvalue weighted by Crippen LogP contribution is 2.21. The number of nitrogens with zero attached hydrogens (tertiary/aromatic N) is 2. The van der Waals surface area contributed by atoms with E-state index in [1.165, 1.54) is 0 Å². The summed E-state index contributed by atoms with van der Waals surface area (Å²) in [5.74, 6) is 0.855. The van der Waals surface area contributed by atoms with Gasteiger partial charge in [0.25, 0.3) is 0 Å². The second-order valence-electron chi connectivity index (χ2n) is 5.41. The van der Waals surface area contributed by atoms with Crippen molar-refractivity contribution in [3.05, 3.63) is 47.9 Å². The quantitative estimate of drug-likeness (QED) is 0.938. The summed E-state index contributed by atoms with van der Waals surface area (Å²) >= 11 is 0. The molecule has 1 atom stereocenters. The number of hydrogen-bond donors (Lipinski definition) is 1. The monoisotopic (exact) mass is 285 g/mol. The van der Waals surface area contributed by atoms with Crippen molar-refractivity contribution in [2.75, 3.05) is 11.9 Å². The summed E-state index contributed by atoms with van der Waals surface area (Å²) in [5, 5.41) is 6.99. The van der Waals surface area contributed by atoms with Crippen LogP contribution in [0.2, 0.25) is 0 Å². The minimum Gasteiger partial charge on any atom is -0.361 e. The first kappa shape index (κ1) is 13.8. The van der Waals surface area contributed by atoms with Gasteiger partial charge in [0.2, 0.25) is 5.91 Å². The molecule has 5 nitrogen and oxygen atoms in total. The molecule has 1 aliphatic rings. The Kier molecular flexibility index (Phi) is 4.01. The average Bonchev–Trinajstić information content (AvgIpc) is 3.10. The van der Waals surface area contributed by atoms with Crippen molar-refractivity contribution >= 4 is 11.6 Å². The fraction of sp³-hybridized carbons (Fsp3) is 0.375. The normalized spacial score (nSPS) is 18.8. The van der Waals surface area contributed by atoms with E-state index in [0.717, 1.165) is 36.5 Å². The van der Waals surface area contributed by atoms with Gasteiger partial charge in [-0.25, -0.2) is 0 Å². The number of likely N-dealkylation sites (tertiary alicyclic amines) is 1. The Hall–Kier alpha value is -2.14. The minimum absolute atomic E-state index is 0.0546. The summed E-state index contributed by atoms with van der Waals surface area (Å²) in [6, 6.07) is 11.4. The van der Waals surface area contributed by atoms with Gasteiger partial charge in [-0.05, 0) is 38.4 Å². The number of nitrogens with one attached hydrogen (secondary N) is 1. The van der Waals surface area contributed by atoms with Crippen LogP contribution in [0, 0.1) is 6.92 Å². The maximum Gasteiger partial charge on any atom is 0.241 e. The van der Waals surface area contributed by atoms with Gasteiger partial charge in [-0.1, -0.05) is 23.4 Å². The molecule has 1 aromatic carbocycles. The Morgan fingerprint density at radius 1 is 1.43 bits per heavy atom. The summed E-state index contributed by atoms with van der Waals surface area (Å²) in [4.78, 5) is 14.6. The van der Waals surface area contributed by atoms with E-state index in [1.807, 2.05) is 43.3 Å². The van der Waals surface area contributed by atoms with Gasteiger partial charge in [0.1, 0.15) is 5.76 Å². The molecule has 2 heterocycles. The standard InChI is InChI=1S/C16H19N3O2/c1-12-10-14(18-21-12)11-19-9-5-8-15(19)16(20)17-13-6-3-2-4-7-13/h2-4,6-7,10,15H,5,8-9,11H2,1H3,(H,17,20). The number of para-hydroxylation sites is 1. The molecular formula is C16H19N3O2. The Morgan fingerprint density at radius 3 is 2.95 bits per heavy atom. The van der Waals surface area contributed by atoms with E-state index in [1.54, 1.807) is 0 Å². The van der Waals surface area contributed by atoms with Crippen molar-refractivity contribution < 1.29 is 9.32 Å². The number of amides is 1. The molecule has 0 saturated carbocycles. The van der Waals surface area contributed by atoms with Crippen LogP contribution >= 0.6 is 0 Å². The van der Waals surface area contributed by atoms with Crippen LogP contribution in [-0.4, -0.2) is 28.6 Å². The number of rotatable bonds is 4. The summed E-state index contributed by atoms with van der Waals surface area (Å²) < 4.78 is 5.09. The Labute approximate surface area is 123 Å². The topological polar surface area (TPSA) is 58.4 Å². The molecule has 1 fully saturated rings. The van der Waals surface area contributed by atoms with E-state index in [2.05, 4.69) is 15.4 Å². The SMILES string of the molecule is Cc1cc(CN2CCCC2C(=O)Nc2ccccc2)no1.